The van der Waals surface area contributed by atoms with Gasteiger partial charge in [0.15, 0.2) is 9.84 Å². The molecule has 0 unspecified atom stereocenters. The van der Waals surface area contributed by atoms with E-state index in [2.05, 4.69) is 10.2 Å². The zero-order valence-corrected chi connectivity index (χ0v) is 16.6. The molecule has 7 nitrogen and oxygen atoms in total. The number of carbonyl (C=O) groups excluding carboxylic acids is 1. The highest BCUT2D eigenvalue weighted by Crippen LogP contribution is 2.29. The maximum atomic E-state index is 13.8. The molecule has 0 saturated carbocycles. The molecule has 1 aromatic carbocycles. The van der Waals surface area contributed by atoms with Crippen molar-refractivity contribution >= 4 is 27.5 Å². The molecule has 2 aromatic rings. The van der Waals surface area contributed by atoms with E-state index in [0.717, 1.165) is 11.8 Å². The quantitative estimate of drug-likeness (QED) is 0.671. The van der Waals surface area contributed by atoms with Gasteiger partial charge in [-0.25, -0.2) is 12.8 Å². The number of sulfone groups is 1. The molecular formula is C17H20FN3O4S2. The molecule has 10 heteroatoms. The number of amides is 1. The molecule has 0 N–H and O–H groups in total. The largest absolute Gasteiger partial charge is 0.411 e. The predicted molar refractivity (Wildman–Crippen MR) is 99.5 cm³/mol. The van der Waals surface area contributed by atoms with Crippen LogP contribution in [0.25, 0.3) is 11.5 Å². The molecule has 0 bridgehead atoms. The summed E-state index contributed by atoms with van der Waals surface area (Å²) in [4.78, 5) is 14.4. The van der Waals surface area contributed by atoms with Crippen LogP contribution in [-0.2, 0) is 14.6 Å². The molecule has 2 heterocycles. The minimum atomic E-state index is -3.08. The van der Waals surface area contributed by atoms with Gasteiger partial charge in [-0.05, 0) is 32.4 Å². The predicted octanol–water partition coefficient (Wildman–Crippen LogP) is 2.39. The van der Waals surface area contributed by atoms with Crippen LogP contribution in [0.3, 0.4) is 0 Å². The molecule has 1 amide bonds. The number of nitrogens with zero attached hydrogens (tertiary/aromatic N) is 3. The van der Waals surface area contributed by atoms with Crippen molar-refractivity contribution in [2.24, 2.45) is 0 Å². The Balaban J connectivity index is 1.69. The first kappa shape index (κ1) is 19.8. The van der Waals surface area contributed by atoms with Crippen LogP contribution in [0.1, 0.15) is 20.3 Å². The summed E-state index contributed by atoms with van der Waals surface area (Å²) in [5.41, 5.74) is 0.196. The topological polar surface area (TPSA) is 93.4 Å². The Kier molecular flexibility index (Phi) is 5.85. The average molecular weight is 413 g/mol. The lowest BCUT2D eigenvalue weighted by atomic mass is 10.2. The van der Waals surface area contributed by atoms with Crippen LogP contribution in [0.5, 0.6) is 0 Å². The molecule has 1 aliphatic heterocycles. The highest BCUT2D eigenvalue weighted by atomic mass is 32.2. The summed E-state index contributed by atoms with van der Waals surface area (Å²) in [6, 6.07) is 5.76. The first-order valence-corrected chi connectivity index (χ1v) is 11.3. The zero-order chi connectivity index (χ0) is 19.6. The molecule has 0 spiro atoms. The smallest absolute Gasteiger partial charge is 0.277 e. The first-order chi connectivity index (χ1) is 12.8. The van der Waals surface area contributed by atoms with E-state index in [1.54, 1.807) is 24.0 Å². The first-order valence-electron chi connectivity index (χ1n) is 8.56. The Hall–Kier alpha value is -1.94. The normalized spacial score (nSPS) is 19.7. The number of thioether (sulfide) groups is 1. The molecule has 2 atom stereocenters. The zero-order valence-electron chi connectivity index (χ0n) is 15.0. The van der Waals surface area contributed by atoms with Crippen LogP contribution < -0.4 is 0 Å². The second-order valence-corrected chi connectivity index (χ2v) is 9.81. The summed E-state index contributed by atoms with van der Waals surface area (Å²) in [6.07, 6.45) is 0.456. The van der Waals surface area contributed by atoms with Gasteiger partial charge in [0.1, 0.15) is 5.82 Å². The monoisotopic (exact) mass is 413 g/mol. The summed E-state index contributed by atoms with van der Waals surface area (Å²) in [5.74, 6) is -0.498. The maximum absolute atomic E-state index is 13.8. The van der Waals surface area contributed by atoms with Crippen LogP contribution >= 0.6 is 11.8 Å². The number of rotatable bonds is 6. The third-order valence-corrected chi connectivity index (χ3v) is 7.08. The molecule has 1 saturated heterocycles. The van der Waals surface area contributed by atoms with Gasteiger partial charge in [-0.3, -0.25) is 4.79 Å². The minimum Gasteiger partial charge on any atom is -0.411 e. The number of halogens is 1. The van der Waals surface area contributed by atoms with Gasteiger partial charge in [-0.2, -0.15) is 0 Å². The molecule has 0 aliphatic carbocycles. The van der Waals surface area contributed by atoms with E-state index in [-0.39, 0.29) is 40.1 Å². The SMILES string of the molecule is CCN(C(=O)[C@@H](C)Sc1nnc(-c2ccccc2F)o1)[C@H]1CCS(=O)(=O)C1. The number of hydrogen-bond acceptors (Lipinski definition) is 7. The van der Waals surface area contributed by atoms with E-state index in [1.165, 1.54) is 12.1 Å². The number of benzene rings is 1. The van der Waals surface area contributed by atoms with Crippen LogP contribution in [-0.4, -0.2) is 58.8 Å². The molecule has 1 fully saturated rings. The van der Waals surface area contributed by atoms with Crippen molar-refractivity contribution in [1.82, 2.24) is 15.1 Å². The van der Waals surface area contributed by atoms with E-state index in [4.69, 9.17) is 4.42 Å². The van der Waals surface area contributed by atoms with Crippen LogP contribution in [0.15, 0.2) is 33.9 Å². The number of hydrogen-bond donors (Lipinski definition) is 0. The summed E-state index contributed by atoms with van der Waals surface area (Å²) in [7, 11) is -3.08. The van der Waals surface area contributed by atoms with Gasteiger partial charge in [0.2, 0.25) is 5.91 Å². The maximum Gasteiger partial charge on any atom is 0.277 e. The highest BCUT2D eigenvalue weighted by molar-refractivity contribution is 8.00. The fourth-order valence-electron chi connectivity index (χ4n) is 3.05. The van der Waals surface area contributed by atoms with Crippen LogP contribution in [0, 0.1) is 5.82 Å². The molecule has 1 aromatic heterocycles. The molecule has 0 radical (unpaired) electrons. The fourth-order valence-corrected chi connectivity index (χ4v) is 5.54. The van der Waals surface area contributed by atoms with E-state index in [1.807, 2.05) is 6.92 Å². The second-order valence-electron chi connectivity index (χ2n) is 6.29. The fraction of sp³-hybridized carbons (Fsp3) is 0.471. The van der Waals surface area contributed by atoms with Gasteiger partial charge in [-0.1, -0.05) is 23.9 Å². The van der Waals surface area contributed by atoms with Gasteiger partial charge in [0.05, 0.1) is 22.3 Å². The molecule has 1 aliphatic rings. The lowest BCUT2D eigenvalue weighted by molar-refractivity contribution is -0.131. The lowest BCUT2D eigenvalue weighted by Gasteiger charge is -2.28. The van der Waals surface area contributed by atoms with Crippen molar-refractivity contribution in [2.75, 3.05) is 18.1 Å². The van der Waals surface area contributed by atoms with Gasteiger partial charge in [0, 0.05) is 12.6 Å². The van der Waals surface area contributed by atoms with Crippen molar-refractivity contribution < 1.29 is 22.0 Å². The third-order valence-electron chi connectivity index (χ3n) is 4.41. The highest BCUT2D eigenvalue weighted by Gasteiger charge is 2.35. The van der Waals surface area contributed by atoms with Crippen LogP contribution in [0.2, 0.25) is 0 Å². The van der Waals surface area contributed by atoms with Crippen molar-refractivity contribution in [3.05, 3.63) is 30.1 Å². The third kappa shape index (κ3) is 4.49. The Morgan fingerprint density at radius 3 is 2.78 bits per heavy atom. The molecule has 3 rings (SSSR count). The Labute approximate surface area is 161 Å². The van der Waals surface area contributed by atoms with E-state index in [9.17, 15) is 17.6 Å². The van der Waals surface area contributed by atoms with Crippen molar-refractivity contribution in [1.29, 1.82) is 0 Å². The summed E-state index contributed by atoms with van der Waals surface area (Å²) in [6.45, 7) is 3.95. The van der Waals surface area contributed by atoms with Gasteiger partial charge >= 0.3 is 0 Å². The molecule has 146 valence electrons. The number of carbonyl (C=O) groups is 1. The Bertz CT molecular complexity index is 932. The van der Waals surface area contributed by atoms with Crippen molar-refractivity contribution in [2.45, 2.75) is 36.8 Å². The standard InChI is InChI=1S/C17H20FN3O4S2/c1-3-21(12-8-9-27(23,24)10-12)16(22)11(2)26-17-20-19-15(25-17)13-6-4-5-7-14(13)18/h4-7,11-12H,3,8-10H2,1-2H3/t11-,12+/m1/s1. The Morgan fingerprint density at radius 2 is 2.15 bits per heavy atom. The average Bonchev–Trinajstić information content (AvgIpc) is 3.22. The van der Waals surface area contributed by atoms with Gasteiger partial charge < -0.3 is 9.32 Å². The summed E-state index contributed by atoms with van der Waals surface area (Å²) >= 11 is 1.07. The van der Waals surface area contributed by atoms with Crippen LogP contribution in [0.4, 0.5) is 4.39 Å². The Morgan fingerprint density at radius 1 is 1.41 bits per heavy atom. The van der Waals surface area contributed by atoms with E-state index < -0.39 is 20.9 Å². The minimum absolute atomic E-state index is 0.00194. The lowest BCUT2D eigenvalue weighted by Crippen LogP contribution is -2.44. The van der Waals surface area contributed by atoms with Gasteiger partial charge in [0.25, 0.3) is 11.1 Å². The second kappa shape index (κ2) is 7.97. The van der Waals surface area contributed by atoms with Gasteiger partial charge in [-0.15, -0.1) is 10.2 Å². The summed E-state index contributed by atoms with van der Waals surface area (Å²) in [5, 5.41) is 7.33. The van der Waals surface area contributed by atoms with Crippen molar-refractivity contribution in [3.63, 3.8) is 0 Å². The van der Waals surface area contributed by atoms with E-state index >= 15 is 0 Å². The summed E-state index contributed by atoms with van der Waals surface area (Å²) < 4.78 is 42.7. The van der Waals surface area contributed by atoms with E-state index in [0.29, 0.717) is 13.0 Å². The number of aromatic nitrogens is 2. The van der Waals surface area contributed by atoms with Crippen molar-refractivity contribution in [3.8, 4) is 11.5 Å². The molecule has 27 heavy (non-hydrogen) atoms. The molecular weight excluding hydrogens is 393 g/mol.